The summed E-state index contributed by atoms with van der Waals surface area (Å²) in [7, 11) is 0. The maximum atomic E-state index is 13.8. The molecule has 0 spiro atoms. The van der Waals surface area contributed by atoms with Crippen molar-refractivity contribution < 1.29 is 34.1 Å². The second kappa shape index (κ2) is 6.38. The molecule has 0 unspecified atom stereocenters. The van der Waals surface area contributed by atoms with Gasteiger partial charge in [-0.15, -0.1) is 0 Å². The molecule has 1 saturated heterocycles. The number of aliphatic hydroxyl groups excluding tert-OH is 2. The molecule has 2 saturated carbocycles. The summed E-state index contributed by atoms with van der Waals surface area (Å²) in [5.74, 6) is -2.41. The number of carbonyl (C=O) groups is 3. The summed E-state index contributed by atoms with van der Waals surface area (Å²) in [6, 6.07) is 0. The lowest BCUT2D eigenvalue weighted by Gasteiger charge is -2.67. The fourth-order valence-electron chi connectivity index (χ4n) is 7.27. The van der Waals surface area contributed by atoms with E-state index in [0.717, 1.165) is 0 Å². The average molecular weight is 406 g/mol. The van der Waals surface area contributed by atoms with Crippen LogP contribution < -0.4 is 0 Å². The van der Waals surface area contributed by atoms with E-state index in [9.17, 15) is 24.6 Å². The van der Waals surface area contributed by atoms with E-state index in [2.05, 4.69) is 0 Å². The number of hydrogen-bond donors (Lipinski definition) is 2. The standard InChI is InChI=1S/C22H30O7/c1-9-6-14(24)20(27)22(5)12(9)7-15-21(4)13(8-16(25)29-15)10(2)18(28-11(3)23)17(26)19(21)22/h9,12-15,19-20,24,27H,6-8H2,1-5H3/t9-,12+,13+,14+,15-,19+,20+,21-,22+/m1/s1. The molecule has 0 bridgehead atoms. The number of carbonyl (C=O) groups excluding carboxylic acids is 3. The van der Waals surface area contributed by atoms with E-state index in [1.54, 1.807) is 6.92 Å². The van der Waals surface area contributed by atoms with Crippen LogP contribution >= 0.6 is 0 Å². The van der Waals surface area contributed by atoms with E-state index in [-0.39, 0.29) is 41.7 Å². The summed E-state index contributed by atoms with van der Waals surface area (Å²) in [4.78, 5) is 37.9. The van der Waals surface area contributed by atoms with Crippen molar-refractivity contribution >= 4 is 17.7 Å². The number of aliphatic hydroxyl groups is 2. The molecule has 0 aromatic rings. The highest BCUT2D eigenvalue weighted by Crippen LogP contribution is 2.68. The van der Waals surface area contributed by atoms with Gasteiger partial charge in [0.15, 0.2) is 5.76 Å². The Labute approximate surface area is 170 Å². The first kappa shape index (κ1) is 20.5. The molecule has 3 aliphatic carbocycles. The second-order valence-corrected chi connectivity index (χ2v) is 9.94. The monoisotopic (exact) mass is 406 g/mol. The lowest BCUT2D eigenvalue weighted by molar-refractivity contribution is -0.255. The van der Waals surface area contributed by atoms with Crippen molar-refractivity contribution in [2.75, 3.05) is 0 Å². The van der Waals surface area contributed by atoms with Crippen molar-refractivity contribution in [1.82, 2.24) is 0 Å². The highest BCUT2D eigenvalue weighted by Gasteiger charge is 2.72. The number of fused-ring (bicyclic) bond motifs is 2. The van der Waals surface area contributed by atoms with Crippen LogP contribution in [-0.2, 0) is 23.9 Å². The molecule has 3 fully saturated rings. The molecule has 0 aromatic carbocycles. The normalized spacial score (nSPS) is 49.1. The van der Waals surface area contributed by atoms with Crippen molar-refractivity contribution in [2.45, 2.75) is 72.2 Å². The SMILES string of the molecule is CC(=O)OC1=C(C)[C@@H]2CC(=O)O[C@@H]3C[C@H]4[C@H](C)C[C@H](O)[C@H](O)[C@]4(C)[C@@H](C1=O)[C@@]32C. The number of hydrogen-bond acceptors (Lipinski definition) is 7. The first-order valence-electron chi connectivity index (χ1n) is 10.4. The second-order valence-electron chi connectivity index (χ2n) is 9.94. The molecule has 0 aromatic heterocycles. The van der Waals surface area contributed by atoms with Crippen molar-refractivity contribution in [3.8, 4) is 0 Å². The largest absolute Gasteiger partial charge is 0.462 e. The highest BCUT2D eigenvalue weighted by atomic mass is 16.6. The third-order valence-corrected chi connectivity index (χ3v) is 8.51. The van der Waals surface area contributed by atoms with E-state index in [1.807, 2.05) is 20.8 Å². The van der Waals surface area contributed by atoms with Crippen LogP contribution in [0, 0.1) is 34.5 Å². The summed E-state index contributed by atoms with van der Waals surface area (Å²) < 4.78 is 11.1. The number of ketones is 1. The van der Waals surface area contributed by atoms with Crippen LogP contribution in [0.1, 0.15) is 53.9 Å². The highest BCUT2D eigenvalue weighted by molar-refractivity contribution is 6.00. The zero-order valence-corrected chi connectivity index (χ0v) is 17.6. The number of ether oxygens (including phenoxy) is 2. The fourth-order valence-corrected chi connectivity index (χ4v) is 7.27. The van der Waals surface area contributed by atoms with Gasteiger partial charge in [0.25, 0.3) is 0 Å². The predicted octanol–water partition coefficient (Wildman–Crippen LogP) is 1.75. The summed E-state index contributed by atoms with van der Waals surface area (Å²) in [5, 5.41) is 21.7. The van der Waals surface area contributed by atoms with Gasteiger partial charge in [0.2, 0.25) is 5.78 Å². The lowest BCUT2D eigenvalue weighted by Crippen LogP contribution is -2.71. The zero-order chi connectivity index (χ0) is 21.5. The van der Waals surface area contributed by atoms with Gasteiger partial charge >= 0.3 is 11.9 Å². The van der Waals surface area contributed by atoms with Crippen LogP contribution in [0.3, 0.4) is 0 Å². The Morgan fingerprint density at radius 1 is 1.17 bits per heavy atom. The third-order valence-electron chi connectivity index (χ3n) is 8.51. The fraction of sp³-hybridized carbons (Fsp3) is 0.773. The Kier molecular flexibility index (Phi) is 4.52. The predicted molar refractivity (Wildman–Crippen MR) is 101 cm³/mol. The summed E-state index contributed by atoms with van der Waals surface area (Å²) in [6.07, 6.45) is -1.42. The molecule has 0 amide bonds. The number of esters is 2. The van der Waals surface area contributed by atoms with E-state index in [4.69, 9.17) is 9.47 Å². The van der Waals surface area contributed by atoms with E-state index < -0.39 is 41.0 Å². The van der Waals surface area contributed by atoms with E-state index in [0.29, 0.717) is 18.4 Å². The molecule has 160 valence electrons. The van der Waals surface area contributed by atoms with Gasteiger partial charge in [0.05, 0.1) is 18.6 Å². The molecule has 4 aliphatic rings. The summed E-state index contributed by atoms with van der Waals surface area (Å²) in [5.41, 5.74) is -1.07. The minimum absolute atomic E-state index is 0.0137. The van der Waals surface area contributed by atoms with Crippen molar-refractivity contribution in [1.29, 1.82) is 0 Å². The van der Waals surface area contributed by atoms with Gasteiger partial charge in [-0.1, -0.05) is 20.8 Å². The lowest BCUT2D eigenvalue weighted by atomic mass is 9.39. The van der Waals surface area contributed by atoms with Gasteiger partial charge in [0, 0.05) is 29.6 Å². The van der Waals surface area contributed by atoms with Crippen LogP contribution in [0.5, 0.6) is 0 Å². The smallest absolute Gasteiger partial charge is 0.308 e. The minimum Gasteiger partial charge on any atom is -0.462 e. The Morgan fingerprint density at radius 2 is 1.83 bits per heavy atom. The van der Waals surface area contributed by atoms with Gasteiger partial charge < -0.3 is 19.7 Å². The van der Waals surface area contributed by atoms with Crippen LogP contribution in [0.15, 0.2) is 11.3 Å². The van der Waals surface area contributed by atoms with Crippen LogP contribution in [0.2, 0.25) is 0 Å². The van der Waals surface area contributed by atoms with Gasteiger partial charge in [-0.3, -0.25) is 14.4 Å². The molecule has 29 heavy (non-hydrogen) atoms. The Morgan fingerprint density at radius 3 is 2.45 bits per heavy atom. The third kappa shape index (κ3) is 2.53. The molecular formula is C22H30O7. The van der Waals surface area contributed by atoms with Gasteiger partial charge in [-0.25, -0.2) is 0 Å². The maximum Gasteiger partial charge on any atom is 0.308 e. The van der Waals surface area contributed by atoms with Crippen molar-refractivity contribution in [2.24, 2.45) is 34.5 Å². The minimum atomic E-state index is -1.09. The first-order valence-corrected chi connectivity index (χ1v) is 10.4. The summed E-state index contributed by atoms with van der Waals surface area (Å²) in [6.45, 7) is 8.80. The van der Waals surface area contributed by atoms with Gasteiger partial charge in [0.1, 0.15) is 6.10 Å². The van der Waals surface area contributed by atoms with Crippen LogP contribution in [-0.4, -0.2) is 46.2 Å². The van der Waals surface area contributed by atoms with E-state index >= 15 is 0 Å². The molecule has 1 heterocycles. The Hall–Kier alpha value is -1.73. The van der Waals surface area contributed by atoms with Crippen molar-refractivity contribution in [3.63, 3.8) is 0 Å². The summed E-state index contributed by atoms with van der Waals surface area (Å²) >= 11 is 0. The molecule has 2 N–H and O–H groups in total. The van der Waals surface area contributed by atoms with Crippen LogP contribution in [0.25, 0.3) is 0 Å². The van der Waals surface area contributed by atoms with Crippen LogP contribution in [0.4, 0.5) is 0 Å². The van der Waals surface area contributed by atoms with Crippen molar-refractivity contribution in [3.05, 3.63) is 11.3 Å². The zero-order valence-electron chi connectivity index (χ0n) is 17.6. The molecule has 7 heteroatoms. The maximum absolute atomic E-state index is 13.8. The Balaban J connectivity index is 1.95. The average Bonchev–Trinajstić information content (AvgIpc) is 2.62. The quantitative estimate of drug-likeness (QED) is 0.638. The van der Waals surface area contributed by atoms with Gasteiger partial charge in [-0.05, 0) is 37.2 Å². The molecule has 1 aliphatic heterocycles. The number of rotatable bonds is 1. The molecule has 0 radical (unpaired) electrons. The molecule has 7 nitrogen and oxygen atoms in total. The first-order chi connectivity index (χ1) is 13.4. The molecular weight excluding hydrogens is 376 g/mol. The number of allylic oxidation sites excluding steroid dienone is 2. The van der Waals surface area contributed by atoms with E-state index in [1.165, 1.54) is 6.92 Å². The topological polar surface area (TPSA) is 110 Å². The molecule has 4 rings (SSSR count). The Bertz CT molecular complexity index is 816. The molecule has 9 atom stereocenters. The van der Waals surface area contributed by atoms with Gasteiger partial charge in [-0.2, -0.15) is 0 Å². The number of Topliss-reactive ketones (excluding diaryl/α,β-unsaturated/α-hetero) is 1.